The van der Waals surface area contributed by atoms with Gasteiger partial charge in [-0.05, 0) is 24.6 Å². The Hall–Kier alpha value is -1.19. The van der Waals surface area contributed by atoms with E-state index in [1.807, 2.05) is 6.92 Å². The Kier molecular flexibility index (Phi) is 8.35. The van der Waals surface area contributed by atoms with Crippen LogP contribution in [0.3, 0.4) is 0 Å². The summed E-state index contributed by atoms with van der Waals surface area (Å²) in [7, 11) is 0. The number of halogens is 4. The largest absolute Gasteiger partial charge is 0.484 e. The van der Waals surface area contributed by atoms with E-state index in [1.165, 1.54) is 12.1 Å². The molecule has 0 amide bonds. The molecule has 0 fully saturated rings. The van der Waals surface area contributed by atoms with Crippen molar-refractivity contribution in [3.05, 3.63) is 29.8 Å². The highest BCUT2D eigenvalue weighted by Crippen LogP contribution is 2.18. The molecule has 0 aliphatic carbocycles. The van der Waals surface area contributed by atoms with Crippen molar-refractivity contribution in [2.45, 2.75) is 19.6 Å². The molecule has 114 valence electrons. The Morgan fingerprint density at radius 3 is 2.40 bits per heavy atom. The van der Waals surface area contributed by atoms with E-state index in [2.05, 4.69) is 15.0 Å². The van der Waals surface area contributed by atoms with Crippen LogP contribution in [0.15, 0.2) is 29.3 Å². The smallest absolute Gasteiger partial charge is 0.422 e. The predicted molar refractivity (Wildman–Crippen MR) is 82.4 cm³/mol. The minimum Gasteiger partial charge on any atom is -0.484 e. The zero-order valence-corrected chi connectivity index (χ0v) is 13.2. The molecule has 3 N–H and O–H groups in total. The van der Waals surface area contributed by atoms with Gasteiger partial charge in [-0.1, -0.05) is 12.1 Å². The maximum atomic E-state index is 11.9. The zero-order chi connectivity index (χ0) is 14.3. The van der Waals surface area contributed by atoms with Crippen LogP contribution in [0, 0.1) is 0 Å². The van der Waals surface area contributed by atoms with E-state index >= 15 is 0 Å². The summed E-state index contributed by atoms with van der Waals surface area (Å²) < 4.78 is 40.4. The highest BCUT2D eigenvalue weighted by atomic mass is 127. The van der Waals surface area contributed by atoms with E-state index in [4.69, 9.17) is 5.73 Å². The third kappa shape index (κ3) is 8.08. The Labute approximate surface area is 132 Å². The molecule has 20 heavy (non-hydrogen) atoms. The summed E-state index contributed by atoms with van der Waals surface area (Å²) in [6.07, 6.45) is -4.33. The molecule has 1 aromatic carbocycles. The lowest BCUT2D eigenvalue weighted by molar-refractivity contribution is -0.153. The number of nitrogens with two attached hydrogens (primary N) is 1. The third-order valence-electron chi connectivity index (χ3n) is 2.12. The number of hydrogen-bond acceptors (Lipinski definition) is 2. The molecule has 0 aliphatic rings. The third-order valence-corrected chi connectivity index (χ3v) is 2.12. The first-order valence-electron chi connectivity index (χ1n) is 5.73. The Bertz CT molecular complexity index is 421. The first-order chi connectivity index (χ1) is 8.90. The van der Waals surface area contributed by atoms with Gasteiger partial charge in [0.1, 0.15) is 5.75 Å². The monoisotopic (exact) mass is 403 g/mol. The molecule has 1 rings (SSSR count). The number of benzene rings is 1. The second-order valence-electron chi connectivity index (χ2n) is 3.78. The Balaban J connectivity index is 0.00000361. The molecule has 8 heteroatoms. The fourth-order valence-electron chi connectivity index (χ4n) is 1.27. The first-order valence-corrected chi connectivity index (χ1v) is 5.73. The second-order valence-corrected chi connectivity index (χ2v) is 3.78. The summed E-state index contributed by atoms with van der Waals surface area (Å²) in [5.74, 6) is 0.504. The highest BCUT2D eigenvalue weighted by Gasteiger charge is 2.28. The van der Waals surface area contributed by atoms with Crippen LogP contribution in [0.4, 0.5) is 13.2 Å². The summed E-state index contributed by atoms with van der Waals surface area (Å²) in [6.45, 7) is 1.64. The normalized spacial score (nSPS) is 11.7. The van der Waals surface area contributed by atoms with Crippen molar-refractivity contribution in [2.75, 3.05) is 13.2 Å². The van der Waals surface area contributed by atoms with Crippen LogP contribution in [0.25, 0.3) is 0 Å². The number of alkyl halides is 3. The van der Waals surface area contributed by atoms with Crippen LogP contribution in [0.2, 0.25) is 0 Å². The van der Waals surface area contributed by atoms with Crippen LogP contribution in [0.5, 0.6) is 5.75 Å². The van der Waals surface area contributed by atoms with Gasteiger partial charge in [0.2, 0.25) is 0 Å². The first kappa shape index (κ1) is 18.8. The van der Waals surface area contributed by atoms with Crippen molar-refractivity contribution < 1.29 is 17.9 Å². The second kappa shape index (κ2) is 8.88. The van der Waals surface area contributed by atoms with Gasteiger partial charge < -0.3 is 15.8 Å². The van der Waals surface area contributed by atoms with Crippen molar-refractivity contribution in [3.63, 3.8) is 0 Å². The summed E-state index contributed by atoms with van der Waals surface area (Å²) in [6, 6.07) is 6.24. The fraction of sp³-hybridized carbons (Fsp3) is 0.417. The lowest BCUT2D eigenvalue weighted by atomic mass is 10.2. The molecule has 0 heterocycles. The van der Waals surface area contributed by atoms with Crippen LogP contribution < -0.4 is 15.8 Å². The molecule has 0 saturated carbocycles. The molecule has 4 nitrogen and oxygen atoms in total. The number of nitrogens with one attached hydrogen (secondary N) is 1. The van der Waals surface area contributed by atoms with Crippen LogP contribution >= 0.6 is 24.0 Å². The number of nitrogens with zero attached hydrogens (tertiary/aromatic N) is 1. The van der Waals surface area contributed by atoms with E-state index in [0.29, 0.717) is 19.0 Å². The molecular formula is C12H17F3IN3O. The molecule has 1 aromatic rings. The van der Waals surface area contributed by atoms with Gasteiger partial charge in [-0.3, -0.25) is 0 Å². The van der Waals surface area contributed by atoms with Gasteiger partial charge in [0.05, 0.1) is 6.54 Å². The predicted octanol–water partition coefficient (Wildman–Crippen LogP) is 2.67. The topological polar surface area (TPSA) is 59.6 Å². The average molecular weight is 403 g/mol. The number of hydrogen-bond donors (Lipinski definition) is 2. The maximum absolute atomic E-state index is 11.9. The summed E-state index contributed by atoms with van der Waals surface area (Å²) >= 11 is 0. The van der Waals surface area contributed by atoms with E-state index in [0.717, 1.165) is 5.56 Å². The highest BCUT2D eigenvalue weighted by molar-refractivity contribution is 14.0. The van der Waals surface area contributed by atoms with Gasteiger partial charge in [0, 0.05) is 6.54 Å². The van der Waals surface area contributed by atoms with Gasteiger partial charge in [0.25, 0.3) is 0 Å². The molecular weight excluding hydrogens is 386 g/mol. The van der Waals surface area contributed by atoms with Gasteiger partial charge in [-0.2, -0.15) is 13.2 Å². The SMILES string of the molecule is CCNC(N)=NCc1ccc(OCC(F)(F)F)cc1.I. The van der Waals surface area contributed by atoms with E-state index in [9.17, 15) is 13.2 Å². The molecule has 0 saturated heterocycles. The van der Waals surface area contributed by atoms with E-state index in [1.54, 1.807) is 12.1 Å². The summed E-state index contributed by atoms with van der Waals surface area (Å²) in [4.78, 5) is 4.06. The lowest BCUT2D eigenvalue weighted by Crippen LogP contribution is -2.31. The van der Waals surface area contributed by atoms with Gasteiger partial charge in [-0.15, -0.1) is 24.0 Å². The molecule has 0 aromatic heterocycles. The maximum Gasteiger partial charge on any atom is 0.422 e. The van der Waals surface area contributed by atoms with Crippen molar-refractivity contribution in [1.29, 1.82) is 0 Å². The van der Waals surface area contributed by atoms with E-state index in [-0.39, 0.29) is 29.7 Å². The number of ether oxygens (including phenoxy) is 1. The summed E-state index contributed by atoms with van der Waals surface area (Å²) in [5.41, 5.74) is 6.38. The molecule has 0 unspecified atom stereocenters. The van der Waals surface area contributed by atoms with Gasteiger partial charge in [-0.25, -0.2) is 4.99 Å². The Morgan fingerprint density at radius 1 is 1.30 bits per heavy atom. The average Bonchev–Trinajstić information content (AvgIpc) is 2.34. The van der Waals surface area contributed by atoms with Crippen LogP contribution in [-0.4, -0.2) is 25.3 Å². The van der Waals surface area contributed by atoms with E-state index < -0.39 is 12.8 Å². The number of guanidine groups is 1. The van der Waals surface area contributed by atoms with Gasteiger partial charge >= 0.3 is 6.18 Å². The number of aliphatic imine (C=N–C) groups is 1. The lowest BCUT2D eigenvalue weighted by Gasteiger charge is -2.09. The fourth-order valence-corrected chi connectivity index (χ4v) is 1.27. The standard InChI is InChI=1S/C12H16F3N3O.HI/c1-2-17-11(16)18-7-9-3-5-10(6-4-9)19-8-12(13,14)15;/h3-6H,2,7-8H2,1H3,(H3,16,17,18);1H. The van der Waals surface area contributed by atoms with Crippen molar-refractivity contribution in [2.24, 2.45) is 10.7 Å². The number of rotatable bonds is 5. The van der Waals surface area contributed by atoms with Crippen LogP contribution in [-0.2, 0) is 6.54 Å². The molecule has 0 bridgehead atoms. The molecule has 0 atom stereocenters. The molecule has 0 spiro atoms. The minimum absolute atomic E-state index is 0. The minimum atomic E-state index is -4.33. The quantitative estimate of drug-likeness (QED) is 0.452. The van der Waals surface area contributed by atoms with Gasteiger partial charge in [0.15, 0.2) is 12.6 Å². The molecule has 0 radical (unpaired) electrons. The van der Waals surface area contributed by atoms with Crippen molar-refractivity contribution in [3.8, 4) is 5.75 Å². The van der Waals surface area contributed by atoms with Crippen LogP contribution in [0.1, 0.15) is 12.5 Å². The van der Waals surface area contributed by atoms with Crippen molar-refractivity contribution in [1.82, 2.24) is 5.32 Å². The van der Waals surface area contributed by atoms with Crippen molar-refractivity contribution >= 4 is 29.9 Å². The Morgan fingerprint density at radius 2 is 1.90 bits per heavy atom. The zero-order valence-electron chi connectivity index (χ0n) is 10.9. The summed E-state index contributed by atoms with van der Waals surface area (Å²) in [5, 5.41) is 2.84. The molecule has 0 aliphatic heterocycles.